The van der Waals surface area contributed by atoms with Crippen LogP contribution in [0.3, 0.4) is 0 Å². The van der Waals surface area contributed by atoms with E-state index in [1.54, 1.807) is 11.3 Å². The lowest BCUT2D eigenvalue weighted by molar-refractivity contribution is 1.69. The van der Waals surface area contributed by atoms with E-state index in [-0.39, 0.29) is 0 Å². The summed E-state index contributed by atoms with van der Waals surface area (Å²) in [5.74, 6) is 0. The van der Waals surface area contributed by atoms with Gasteiger partial charge in [-0.3, -0.25) is 0 Å². The minimum atomic E-state index is 0.773. The first kappa shape index (κ1) is 7.84. The van der Waals surface area contributed by atoms with E-state index < -0.39 is 0 Å². The van der Waals surface area contributed by atoms with Gasteiger partial charge in [-0.2, -0.15) is 0 Å². The monoisotopic (exact) mass is 193 g/mol. The van der Waals surface area contributed by atoms with Crippen molar-refractivity contribution < 1.29 is 0 Å². The smallest absolute Gasteiger partial charge is 0.0421 e. The zero-order valence-corrected chi connectivity index (χ0v) is 7.82. The van der Waals surface area contributed by atoms with E-state index in [1.165, 1.54) is 5.56 Å². The third-order valence-corrected chi connectivity index (χ3v) is 2.69. The minimum Gasteiger partial charge on any atom is -0.143 e. The standard InChI is InChI=1S/C10H6ClS/c11-9-5-3-8(4-6-9)10-2-1-7-12-10/h1,3-7H. The molecule has 12 heavy (non-hydrogen) atoms. The van der Waals surface area contributed by atoms with Crippen LogP contribution in [0.4, 0.5) is 0 Å². The van der Waals surface area contributed by atoms with Gasteiger partial charge < -0.3 is 0 Å². The van der Waals surface area contributed by atoms with Crippen molar-refractivity contribution in [1.29, 1.82) is 0 Å². The van der Waals surface area contributed by atoms with E-state index in [1.807, 2.05) is 35.7 Å². The lowest BCUT2D eigenvalue weighted by atomic mass is 10.2. The average Bonchev–Trinajstić information content (AvgIpc) is 2.58. The fourth-order valence-corrected chi connectivity index (χ4v) is 1.80. The molecule has 0 amide bonds. The molecular formula is C10H6ClS. The van der Waals surface area contributed by atoms with E-state index in [9.17, 15) is 0 Å². The zero-order valence-electron chi connectivity index (χ0n) is 6.25. The van der Waals surface area contributed by atoms with Crippen molar-refractivity contribution in [2.24, 2.45) is 0 Å². The Morgan fingerprint density at radius 2 is 1.92 bits per heavy atom. The predicted octanol–water partition coefficient (Wildman–Crippen LogP) is 3.87. The van der Waals surface area contributed by atoms with Crippen LogP contribution in [0.2, 0.25) is 5.02 Å². The molecule has 0 unspecified atom stereocenters. The summed E-state index contributed by atoms with van der Waals surface area (Å²) >= 11 is 7.45. The molecule has 2 rings (SSSR count). The van der Waals surface area contributed by atoms with Gasteiger partial charge in [-0.1, -0.05) is 23.7 Å². The van der Waals surface area contributed by atoms with Gasteiger partial charge in [-0.05, 0) is 29.1 Å². The largest absolute Gasteiger partial charge is 0.143 e. The topological polar surface area (TPSA) is 0 Å². The number of hydrogen-bond acceptors (Lipinski definition) is 1. The molecule has 2 heteroatoms. The molecule has 0 saturated heterocycles. The van der Waals surface area contributed by atoms with Crippen molar-refractivity contribution in [3.63, 3.8) is 0 Å². The van der Waals surface area contributed by atoms with E-state index in [2.05, 4.69) is 6.07 Å². The number of halogens is 1. The maximum Gasteiger partial charge on any atom is 0.0421 e. The van der Waals surface area contributed by atoms with Crippen LogP contribution in [-0.2, 0) is 0 Å². The van der Waals surface area contributed by atoms with Gasteiger partial charge in [-0.25, -0.2) is 0 Å². The van der Waals surface area contributed by atoms with Crippen LogP contribution in [-0.4, -0.2) is 0 Å². The Kier molecular flexibility index (Phi) is 2.15. The zero-order chi connectivity index (χ0) is 8.39. The molecule has 0 N–H and O–H groups in total. The van der Waals surface area contributed by atoms with Gasteiger partial charge >= 0.3 is 0 Å². The Balaban J connectivity index is 2.43. The van der Waals surface area contributed by atoms with Crippen molar-refractivity contribution in [3.8, 4) is 10.4 Å². The Hall–Kier alpha value is -0.790. The van der Waals surface area contributed by atoms with Crippen LogP contribution in [0.25, 0.3) is 10.4 Å². The summed E-state index contributed by atoms with van der Waals surface area (Å²) in [4.78, 5) is 1.16. The molecule has 0 aliphatic rings. The minimum absolute atomic E-state index is 0.773. The molecule has 2 aromatic rings. The molecule has 0 bridgehead atoms. The fourth-order valence-electron chi connectivity index (χ4n) is 0.998. The van der Waals surface area contributed by atoms with E-state index in [0.717, 1.165) is 9.90 Å². The van der Waals surface area contributed by atoms with Crippen molar-refractivity contribution >= 4 is 22.9 Å². The highest BCUT2D eigenvalue weighted by Crippen LogP contribution is 2.24. The van der Waals surface area contributed by atoms with Crippen LogP contribution in [0.15, 0.2) is 35.7 Å². The van der Waals surface area contributed by atoms with Crippen LogP contribution < -0.4 is 0 Å². The highest BCUT2D eigenvalue weighted by Gasteiger charge is 1.96. The third-order valence-electron chi connectivity index (χ3n) is 1.57. The number of thiophene rings is 1. The average molecular weight is 194 g/mol. The van der Waals surface area contributed by atoms with Gasteiger partial charge in [0.1, 0.15) is 0 Å². The highest BCUT2D eigenvalue weighted by molar-refractivity contribution is 7.13. The molecule has 1 aromatic carbocycles. The van der Waals surface area contributed by atoms with Gasteiger partial charge in [0.05, 0.1) is 0 Å². The molecule has 0 atom stereocenters. The van der Waals surface area contributed by atoms with Gasteiger partial charge in [0, 0.05) is 16.0 Å². The number of benzene rings is 1. The van der Waals surface area contributed by atoms with Crippen molar-refractivity contribution in [1.82, 2.24) is 0 Å². The lowest BCUT2D eigenvalue weighted by Crippen LogP contribution is -1.69. The Labute approximate surface area is 80.4 Å². The summed E-state index contributed by atoms with van der Waals surface area (Å²) in [6.07, 6.45) is 0. The molecule has 59 valence electrons. The fraction of sp³-hybridized carbons (Fsp3) is 0. The Morgan fingerprint density at radius 1 is 1.17 bits per heavy atom. The van der Waals surface area contributed by atoms with Crippen LogP contribution in [0.1, 0.15) is 0 Å². The second-order valence-corrected chi connectivity index (χ2v) is 3.75. The Morgan fingerprint density at radius 3 is 2.50 bits per heavy atom. The Bertz CT molecular complexity index is 348. The van der Waals surface area contributed by atoms with E-state index >= 15 is 0 Å². The van der Waals surface area contributed by atoms with Gasteiger partial charge in [-0.15, -0.1) is 11.3 Å². The normalized spacial score (nSPS) is 10.1. The van der Waals surface area contributed by atoms with Crippen molar-refractivity contribution in [2.45, 2.75) is 0 Å². The van der Waals surface area contributed by atoms with E-state index in [4.69, 9.17) is 11.6 Å². The highest BCUT2D eigenvalue weighted by atomic mass is 35.5. The predicted molar refractivity (Wildman–Crippen MR) is 53.6 cm³/mol. The lowest BCUT2D eigenvalue weighted by Gasteiger charge is -1.95. The first-order valence-electron chi connectivity index (χ1n) is 3.57. The second kappa shape index (κ2) is 3.30. The van der Waals surface area contributed by atoms with E-state index in [0.29, 0.717) is 0 Å². The first-order valence-corrected chi connectivity index (χ1v) is 4.83. The van der Waals surface area contributed by atoms with Gasteiger partial charge in [0.25, 0.3) is 0 Å². The molecule has 1 aromatic heterocycles. The van der Waals surface area contributed by atoms with Crippen molar-refractivity contribution in [3.05, 3.63) is 46.8 Å². The summed E-state index contributed by atoms with van der Waals surface area (Å²) in [6.45, 7) is 0. The van der Waals surface area contributed by atoms with Gasteiger partial charge in [0.15, 0.2) is 0 Å². The second-order valence-electron chi connectivity index (χ2n) is 2.40. The summed E-state index contributed by atoms with van der Waals surface area (Å²) in [7, 11) is 0. The number of hydrogen-bond donors (Lipinski definition) is 0. The molecular weight excluding hydrogens is 188 g/mol. The number of rotatable bonds is 1. The third kappa shape index (κ3) is 1.52. The quantitative estimate of drug-likeness (QED) is 0.645. The first-order chi connectivity index (χ1) is 5.86. The molecule has 0 fully saturated rings. The maximum absolute atomic E-state index is 5.77. The molecule has 0 spiro atoms. The molecule has 0 saturated carbocycles. The molecule has 0 aliphatic carbocycles. The summed E-state index contributed by atoms with van der Waals surface area (Å²) in [5, 5.41) is 2.79. The van der Waals surface area contributed by atoms with Crippen LogP contribution in [0, 0.1) is 6.07 Å². The maximum atomic E-state index is 5.77. The summed E-state index contributed by atoms with van der Waals surface area (Å²) in [5.41, 5.74) is 1.18. The summed E-state index contributed by atoms with van der Waals surface area (Å²) in [6, 6.07) is 12.9. The van der Waals surface area contributed by atoms with Crippen molar-refractivity contribution in [2.75, 3.05) is 0 Å². The van der Waals surface area contributed by atoms with Crippen LogP contribution >= 0.6 is 22.9 Å². The SMILES string of the molecule is Clc1ccc(-c2[c]ccs2)cc1. The molecule has 1 radical (unpaired) electrons. The van der Waals surface area contributed by atoms with Crippen LogP contribution in [0.5, 0.6) is 0 Å². The van der Waals surface area contributed by atoms with Gasteiger partial charge in [0.2, 0.25) is 0 Å². The summed E-state index contributed by atoms with van der Waals surface area (Å²) < 4.78 is 0. The molecule has 0 nitrogen and oxygen atoms in total. The molecule has 0 aliphatic heterocycles. The molecule has 1 heterocycles.